The van der Waals surface area contributed by atoms with E-state index in [1.807, 2.05) is 16.5 Å². The molecular formula is C16H18N4O2. The van der Waals surface area contributed by atoms with E-state index in [4.69, 9.17) is 0 Å². The summed E-state index contributed by atoms with van der Waals surface area (Å²) in [6.45, 7) is 3.30. The molecule has 4 rings (SSSR count). The second-order valence-corrected chi connectivity index (χ2v) is 6.05. The van der Waals surface area contributed by atoms with E-state index >= 15 is 0 Å². The number of hydrogen-bond acceptors (Lipinski definition) is 4. The van der Waals surface area contributed by atoms with Gasteiger partial charge in [0.2, 0.25) is 0 Å². The first-order valence-electron chi connectivity index (χ1n) is 7.68. The molecule has 1 saturated carbocycles. The van der Waals surface area contributed by atoms with Crippen LogP contribution in [-0.2, 0) is 6.54 Å². The second kappa shape index (κ2) is 4.83. The van der Waals surface area contributed by atoms with Crippen LogP contribution >= 0.6 is 0 Å². The second-order valence-electron chi connectivity index (χ2n) is 6.05. The van der Waals surface area contributed by atoms with Crippen LogP contribution in [0.3, 0.4) is 0 Å². The Kier molecular flexibility index (Phi) is 2.92. The van der Waals surface area contributed by atoms with Gasteiger partial charge in [-0.05, 0) is 44.0 Å². The number of carbonyl (C=O) groups excluding carboxylic acids is 1. The zero-order valence-electron chi connectivity index (χ0n) is 12.4. The summed E-state index contributed by atoms with van der Waals surface area (Å²) >= 11 is 0. The third-order valence-corrected chi connectivity index (χ3v) is 4.43. The standard InChI is InChI=1S/C16H18N4O2/c1-10-15-17-14(11-2-3-11)18-20(15)9-8-19(10)16(22)12-4-6-13(21)7-5-12/h4-7,10-11,21H,2-3,8-9H2,1H3/t10-/m1/s1. The number of amides is 1. The quantitative estimate of drug-likeness (QED) is 0.921. The van der Waals surface area contributed by atoms with E-state index in [0.29, 0.717) is 24.6 Å². The van der Waals surface area contributed by atoms with Crippen LogP contribution in [0.25, 0.3) is 0 Å². The Hall–Kier alpha value is -2.37. The molecule has 0 radical (unpaired) electrons. The van der Waals surface area contributed by atoms with E-state index in [2.05, 4.69) is 10.1 Å². The number of benzene rings is 1. The lowest BCUT2D eigenvalue weighted by atomic mass is 10.1. The number of fused-ring (bicyclic) bond motifs is 1. The largest absolute Gasteiger partial charge is 0.508 e. The molecule has 1 fully saturated rings. The molecule has 0 unspecified atom stereocenters. The summed E-state index contributed by atoms with van der Waals surface area (Å²) in [6, 6.07) is 6.29. The van der Waals surface area contributed by atoms with Crippen LogP contribution in [0.5, 0.6) is 5.75 Å². The first-order chi connectivity index (χ1) is 10.6. The number of phenols is 1. The average molecular weight is 298 g/mol. The van der Waals surface area contributed by atoms with E-state index in [0.717, 1.165) is 11.6 Å². The fraction of sp³-hybridized carbons (Fsp3) is 0.438. The van der Waals surface area contributed by atoms with Crippen molar-refractivity contribution in [1.29, 1.82) is 0 Å². The molecule has 0 saturated heterocycles. The van der Waals surface area contributed by atoms with Gasteiger partial charge in [0.15, 0.2) is 5.82 Å². The highest BCUT2D eigenvalue weighted by Crippen LogP contribution is 2.39. The van der Waals surface area contributed by atoms with Crippen LogP contribution < -0.4 is 0 Å². The molecule has 2 heterocycles. The summed E-state index contributed by atoms with van der Waals surface area (Å²) in [7, 11) is 0. The first kappa shape index (κ1) is 13.3. The van der Waals surface area contributed by atoms with Crippen molar-refractivity contribution in [3.63, 3.8) is 0 Å². The van der Waals surface area contributed by atoms with Crippen molar-refractivity contribution >= 4 is 5.91 Å². The van der Waals surface area contributed by atoms with Gasteiger partial charge in [-0.25, -0.2) is 9.67 Å². The SMILES string of the molecule is C[C@@H]1c2nc(C3CC3)nn2CCN1C(=O)c1ccc(O)cc1. The Morgan fingerprint density at radius 2 is 1.95 bits per heavy atom. The van der Waals surface area contributed by atoms with Crippen molar-refractivity contribution in [2.45, 2.75) is 38.3 Å². The number of aromatic nitrogens is 3. The van der Waals surface area contributed by atoms with Crippen molar-refractivity contribution in [3.8, 4) is 5.75 Å². The maximum absolute atomic E-state index is 12.7. The van der Waals surface area contributed by atoms with E-state index in [1.165, 1.54) is 25.0 Å². The molecule has 2 aliphatic rings. The van der Waals surface area contributed by atoms with Gasteiger partial charge in [0.25, 0.3) is 5.91 Å². The van der Waals surface area contributed by atoms with Crippen LogP contribution in [0.1, 0.15) is 53.7 Å². The Labute approximate surface area is 128 Å². The molecule has 1 atom stereocenters. The predicted molar refractivity (Wildman–Crippen MR) is 79.6 cm³/mol. The average Bonchev–Trinajstić information content (AvgIpc) is 3.27. The van der Waals surface area contributed by atoms with E-state index in [-0.39, 0.29) is 17.7 Å². The molecule has 6 nitrogen and oxygen atoms in total. The van der Waals surface area contributed by atoms with Crippen molar-refractivity contribution < 1.29 is 9.90 Å². The monoisotopic (exact) mass is 298 g/mol. The molecule has 0 bridgehead atoms. The highest BCUT2D eigenvalue weighted by Gasteiger charge is 2.34. The molecule has 1 amide bonds. The van der Waals surface area contributed by atoms with Crippen LogP contribution in [0, 0.1) is 0 Å². The lowest BCUT2D eigenvalue weighted by Gasteiger charge is -2.33. The zero-order chi connectivity index (χ0) is 15.3. The lowest BCUT2D eigenvalue weighted by Crippen LogP contribution is -2.41. The van der Waals surface area contributed by atoms with Crippen molar-refractivity contribution in [2.75, 3.05) is 6.54 Å². The zero-order valence-corrected chi connectivity index (χ0v) is 12.4. The summed E-state index contributed by atoms with van der Waals surface area (Å²) in [6.07, 6.45) is 2.35. The first-order valence-corrected chi connectivity index (χ1v) is 7.68. The molecule has 22 heavy (non-hydrogen) atoms. The number of phenolic OH excluding ortho intramolecular Hbond substituents is 1. The van der Waals surface area contributed by atoms with E-state index in [9.17, 15) is 9.90 Å². The minimum absolute atomic E-state index is 0.0327. The topological polar surface area (TPSA) is 71.2 Å². The van der Waals surface area contributed by atoms with Crippen LogP contribution in [-0.4, -0.2) is 37.2 Å². The molecule has 0 spiro atoms. The van der Waals surface area contributed by atoms with Gasteiger partial charge in [-0.2, -0.15) is 5.10 Å². The van der Waals surface area contributed by atoms with E-state index < -0.39 is 0 Å². The number of aromatic hydroxyl groups is 1. The Bertz CT molecular complexity index is 718. The molecule has 1 aliphatic heterocycles. The number of nitrogens with zero attached hydrogens (tertiary/aromatic N) is 4. The van der Waals surface area contributed by atoms with Gasteiger partial charge >= 0.3 is 0 Å². The fourth-order valence-corrected chi connectivity index (χ4v) is 2.94. The normalized spacial score (nSPS) is 20.8. The van der Waals surface area contributed by atoms with Gasteiger partial charge in [-0.15, -0.1) is 0 Å². The molecule has 2 aromatic rings. The van der Waals surface area contributed by atoms with Gasteiger partial charge in [-0.1, -0.05) is 0 Å². The lowest BCUT2D eigenvalue weighted by molar-refractivity contribution is 0.0631. The maximum Gasteiger partial charge on any atom is 0.254 e. The third kappa shape index (κ3) is 2.15. The molecule has 1 N–H and O–H groups in total. The molecule has 1 aliphatic carbocycles. The third-order valence-electron chi connectivity index (χ3n) is 4.43. The molecule has 114 valence electrons. The molecule has 1 aromatic heterocycles. The minimum Gasteiger partial charge on any atom is -0.508 e. The van der Waals surface area contributed by atoms with Gasteiger partial charge in [-0.3, -0.25) is 4.79 Å². The number of hydrogen-bond donors (Lipinski definition) is 1. The number of rotatable bonds is 2. The summed E-state index contributed by atoms with van der Waals surface area (Å²) in [4.78, 5) is 19.1. The van der Waals surface area contributed by atoms with Gasteiger partial charge < -0.3 is 10.0 Å². The maximum atomic E-state index is 12.7. The van der Waals surface area contributed by atoms with Crippen LogP contribution in [0.4, 0.5) is 0 Å². The van der Waals surface area contributed by atoms with Crippen LogP contribution in [0.2, 0.25) is 0 Å². The Morgan fingerprint density at radius 3 is 2.64 bits per heavy atom. The molecular weight excluding hydrogens is 280 g/mol. The highest BCUT2D eigenvalue weighted by molar-refractivity contribution is 5.94. The summed E-state index contributed by atoms with van der Waals surface area (Å²) in [5.74, 6) is 2.46. The van der Waals surface area contributed by atoms with E-state index in [1.54, 1.807) is 12.1 Å². The van der Waals surface area contributed by atoms with Crippen LogP contribution in [0.15, 0.2) is 24.3 Å². The molecule has 6 heteroatoms. The van der Waals surface area contributed by atoms with Gasteiger partial charge in [0.1, 0.15) is 11.6 Å². The number of carbonyl (C=O) groups is 1. The van der Waals surface area contributed by atoms with Crippen molar-refractivity contribution in [2.24, 2.45) is 0 Å². The Balaban J connectivity index is 1.60. The fourth-order valence-electron chi connectivity index (χ4n) is 2.94. The highest BCUT2D eigenvalue weighted by atomic mass is 16.3. The smallest absolute Gasteiger partial charge is 0.254 e. The predicted octanol–water partition coefficient (Wildman–Crippen LogP) is 2.08. The van der Waals surface area contributed by atoms with Crippen molar-refractivity contribution in [1.82, 2.24) is 19.7 Å². The summed E-state index contributed by atoms with van der Waals surface area (Å²) < 4.78 is 1.94. The summed E-state index contributed by atoms with van der Waals surface area (Å²) in [5, 5.41) is 13.9. The van der Waals surface area contributed by atoms with Crippen molar-refractivity contribution in [3.05, 3.63) is 41.5 Å². The van der Waals surface area contributed by atoms with Gasteiger partial charge in [0, 0.05) is 18.0 Å². The summed E-state index contributed by atoms with van der Waals surface area (Å²) in [5.41, 5.74) is 0.583. The Morgan fingerprint density at radius 1 is 1.23 bits per heavy atom. The molecule has 1 aromatic carbocycles. The minimum atomic E-state index is -0.0879. The van der Waals surface area contributed by atoms with Gasteiger partial charge in [0.05, 0.1) is 12.6 Å².